The van der Waals surface area contributed by atoms with Crippen molar-refractivity contribution in [3.63, 3.8) is 0 Å². The number of H-pyrrole nitrogens is 2. The molecule has 0 aliphatic carbocycles. The zero-order valence-electron chi connectivity index (χ0n) is 12.2. The molecule has 0 atom stereocenters. The summed E-state index contributed by atoms with van der Waals surface area (Å²) in [5.74, 6) is 1.22. The molecule has 0 aliphatic rings. The van der Waals surface area contributed by atoms with Gasteiger partial charge >= 0.3 is 0 Å². The van der Waals surface area contributed by atoms with E-state index < -0.39 is 0 Å². The largest absolute Gasteiger partial charge is 0.252 e. The van der Waals surface area contributed by atoms with E-state index in [1.165, 1.54) is 33.5 Å². The van der Waals surface area contributed by atoms with Gasteiger partial charge in [0.15, 0.2) is 11.0 Å². The van der Waals surface area contributed by atoms with Crippen molar-refractivity contribution in [3.05, 3.63) is 65.0 Å². The predicted octanol–water partition coefficient (Wildman–Crippen LogP) is 3.77. The van der Waals surface area contributed by atoms with Crippen molar-refractivity contribution in [3.8, 4) is 0 Å². The van der Waals surface area contributed by atoms with Crippen LogP contribution in [0, 0.1) is 13.8 Å². The Morgan fingerprint density at radius 1 is 0.950 bits per heavy atom. The molecule has 3 aromatic rings. The molecule has 2 nitrogen and oxygen atoms in total. The maximum Gasteiger partial charge on any atom is 0.252 e. The van der Waals surface area contributed by atoms with Crippen LogP contribution in [0.2, 0.25) is 0 Å². The molecule has 0 spiro atoms. The molecule has 2 heteroatoms. The molecule has 2 aromatic carbocycles. The van der Waals surface area contributed by atoms with Crippen molar-refractivity contribution in [2.24, 2.45) is 0 Å². The lowest BCUT2D eigenvalue weighted by Gasteiger charge is -2.03. The molecule has 1 heterocycles. The van der Waals surface area contributed by atoms with Crippen molar-refractivity contribution in [1.82, 2.24) is 4.98 Å². The Bertz CT molecular complexity index is 692. The highest BCUT2D eigenvalue weighted by atomic mass is 14.9. The van der Waals surface area contributed by atoms with Crippen LogP contribution >= 0.6 is 0 Å². The molecule has 0 unspecified atom stereocenters. The molecular weight excluding hydrogens is 244 g/mol. The minimum absolute atomic E-state index is 1.06. The second-order valence-electron chi connectivity index (χ2n) is 5.55. The van der Waals surface area contributed by atoms with Crippen LogP contribution in [0.15, 0.2) is 42.5 Å². The fourth-order valence-corrected chi connectivity index (χ4v) is 2.61. The summed E-state index contributed by atoms with van der Waals surface area (Å²) in [7, 11) is 0. The number of aryl methyl sites for hydroxylation is 4. The van der Waals surface area contributed by atoms with Crippen molar-refractivity contribution < 1.29 is 4.98 Å². The zero-order valence-corrected chi connectivity index (χ0v) is 12.2. The summed E-state index contributed by atoms with van der Waals surface area (Å²) in [5.41, 5.74) is 6.57. The van der Waals surface area contributed by atoms with Crippen molar-refractivity contribution in [1.29, 1.82) is 0 Å². The molecule has 0 fully saturated rings. The number of imidazole rings is 1. The minimum Gasteiger partial charge on any atom is -0.241 e. The Morgan fingerprint density at radius 2 is 1.80 bits per heavy atom. The first-order chi connectivity index (χ1) is 9.72. The van der Waals surface area contributed by atoms with Gasteiger partial charge < -0.3 is 0 Å². The fourth-order valence-electron chi connectivity index (χ4n) is 2.61. The number of nitrogens with one attached hydrogen (secondary N) is 2. The number of fused-ring (bicyclic) bond motifs is 1. The van der Waals surface area contributed by atoms with Gasteiger partial charge in [-0.2, -0.15) is 0 Å². The number of para-hydroxylation sites is 2. The average molecular weight is 265 g/mol. The van der Waals surface area contributed by atoms with E-state index in [2.05, 4.69) is 66.3 Å². The van der Waals surface area contributed by atoms with Crippen LogP contribution in [0.4, 0.5) is 0 Å². The van der Waals surface area contributed by atoms with Crippen LogP contribution in [0.1, 0.15) is 28.9 Å². The molecule has 0 bridgehead atoms. The lowest BCUT2D eigenvalue weighted by Crippen LogP contribution is -2.07. The number of aromatic amines is 2. The Morgan fingerprint density at radius 3 is 2.60 bits per heavy atom. The molecule has 0 saturated heterocycles. The van der Waals surface area contributed by atoms with E-state index in [1.807, 2.05) is 0 Å². The van der Waals surface area contributed by atoms with E-state index in [1.54, 1.807) is 0 Å². The average Bonchev–Trinajstić information content (AvgIpc) is 2.85. The molecule has 20 heavy (non-hydrogen) atoms. The summed E-state index contributed by atoms with van der Waals surface area (Å²) < 4.78 is 0. The van der Waals surface area contributed by atoms with Gasteiger partial charge in [0.2, 0.25) is 0 Å². The van der Waals surface area contributed by atoms with E-state index in [0.29, 0.717) is 0 Å². The number of benzene rings is 2. The molecule has 1 aromatic heterocycles. The maximum atomic E-state index is 3.45. The van der Waals surface area contributed by atoms with Gasteiger partial charge in [-0.25, -0.2) is 9.97 Å². The van der Waals surface area contributed by atoms with Gasteiger partial charge in [0.1, 0.15) is 0 Å². The molecule has 2 N–H and O–H groups in total. The Balaban J connectivity index is 1.63. The van der Waals surface area contributed by atoms with Gasteiger partial charge in [-0.1, -0.05) is 30.3 Å². The van der Waals surface area contributed by atoms with Crippen LogP contribution in [-0.4, -0.2) is 4.98 Å². The summed E-state index contributed by atoms with van der Waals surface area (Å²) in [6.45, 7) is 4.35. The van der Waals surface area contributed by atoms with Gasteiger partial charge in [-0.3, -0.25) is 0 Å². The predicted molar refractivity (Wildman–Crippen MR) is 82.8 cm³/mol. The second-order valence-corrected chi connectivity index (χ2v) is 5.55. The SMILES string of the molecule is Cc1ccc(CCCc2[nH]c3ccccc3[nH+]2)cc1C. The third-order valence-electron chi connectivity index (χ3n) is 3.96. The van der Waals surface area contributed by atoms with Crippen LogP contribution in [0.3, 0.4) is 0 Å². The first kappa shape index (κ1) is 12.9. The molecule has 0 saturated carbocycles. The lowest BCUT2D eigenvalue weighted by molar-refractivity contribution is -0.357. The molecular formula is C18H21N2+. The summed E-state index contributed by atoms with van der Waals surface area (Å²) in [4.78, 5) is 6.89. The summed E-state index contributed by atoms with van der Waals surface area (Å²) >= 11 is 0. The van der Waals surface area contributed by atoms with Crippen molar-refractivity contribution >= 4 is 11.0 Å². The molecule has 3 rings (SSSR count). The highest BCUT2D eigenvalue weighted by molar-refractivity contribution is 5.70. The van der Waals surface area contributed by atoms with Crippen molar-refractivity contribution in [2.75, 3.05) is 0 Å². The standard InChI is InChI=1S/C18H20N2/c1-13-10-11-15(12-14(13)2)6-5-9-18-19-16-7-3-4-8-17(16)20-18/h3-4,7-8,10-12H,5-6,9H2,1-2H3,(H,19,20)/p+1. The van der Waals surface area contributed by atoms with E-state index in [-0.39, 0.29) is 0 Å². The van der Waals surface area contributed by atoms with Crippen molar-refractivity contribution in [2.45, 2.75) is 33.1 Å². The third kappa shape index (κ3) is 2.74. The molecule has 0 radical (unpaired) electrons. The van der Waals surface area contributed by atoms with Gasteiger partial charge in [0, 0.05) is 6.42 Å². The first-order valence-corrected chi connectivity index (χ1v) is 7.27. The lowest BCUT2D eigenvalue weighted by atomic mass is 10.0. The highest BCUT2D eigenvalue weighted by Crippen LogP contribution is 2.13. The van der Waals surface area contributed by atoms with Crippen LogP contribution in [-0.2, 0) is 12.8 Å². The quantitative estimate of drug-likeness (QED) is 0.744. The highest BCUT2D eigenvalue weighted by Gasteiger charge is 2.08. The number of rotatable bonds is 4. The fraction of sp³-hybridized carbons (Fsp3) is 0.278. The van der Waals surface area contributed by atoms with Gasteiger partial charge in [0.05, 0.1) is 0 Å². The maximum absolute atomic E-state index is 3.45. The molecule has 0 amide bonds. The smallest absolute Gasteiger partial charge is 0.241 e. The Labute approximate surface area is 119 Å². The number of hydrogen-bond donors (Lipinski definition) is 1. The van der Waals surface area contributed by atoms with E-state index in [9.17, 15) is 0 Å². The zero-order chi connectivity index (χ0) is 13.9. The van der Waals surface area contributed by atoms with Gasteiger partial charge in [0.25, 0.3) is 5.82 Å². The number of hydrogen-bond acceptors (Lipinski definition) is 0. The van der Waals surface area contributed by atoms with E-state index >= 15 is 0 Å². The first-order valence-electron chi connectivity index (χ1n) is 7.27. The molecule has 0 aliphatic heterocycles. The summed E-state index contributed by atoms with van der Waals surface area (Å²) in [5, 5.41) is 0. The Hall–Kier alpha value is -2.09. The summed E-state index contributed by atoms with van der Waals surface area (Å²) in [6.07, 6.45) is 3.34. The van der Waals surface area contributed by atoms with Gasteiger partial charge in [-0.15, -0.1) is 0 Å². The third-order valence-corrected chi connectivity index (χ3v) is 3.96. The van der Waals surface area contributed by atoms with E-state index in [4.69, 9.17) is 0 Å². The van der Waals surface area contributed by atoms with Crippen LogP contribution < -0.4 is 4.98 Å². The second kappa shape index (κ2) is 5.49. The monoisotopic (exact) mass is 265 g/mol. The van der Waals surface area contributed by atoms with E-state index in [0.717, 1.165) is 19.3 Å². The van der Waals surface area contributed by atoms with Crippen LogP contribution in [0.25, 0.3) is 11.0 Å². The normalized spacial score (nSPS) is 11.1. The van der Waals surface area contributed by atoms with Gasteiger partial charge in [-0.05, 0) is 55.5 Å². The Kier molecular flexibility index (Phi) is 3.55. The molecule has 102 valence electrons. The topological polar surface area (TPSA) is 29.9 Å². The minimum atomic E-state index is 1.06. The van der Waals surface area contributed by atoms with Crippen LogP contribution in [0.5, 0.6) is 0 Å². The number of aromatic nitrogens is 2. The summed E-state index contributed by atoms with van der Waals surface area (Å²) in [6, 6.07) is 15.1.